The van der Waals surface area contributed by atoms with Crippen LogP contribution in [0, 0.1) is 11.8 Å². The van der Waals surface area contributed by atoms with Crippen LogP contribution in [-0.4, -0.2) is 17.4 Å². The van der Waals surface area contributed by atoms with Crippen molar-refractivity contribution >= 4 is 22.4 Å². The predicted octanol–water partition coefficient (Wildman–Crippen LogP) is 3.12. The Hall–Kier alpha value is -0.940. The number of carbonyl (C=O) groups excluding carboxylic acids is 1. The fourth-order valence-electron chi connectivity index (χ4n) is 3.62. The third-order valence-electron chi connectivity index (χ3n) is 4.87. The molecule has 3 N–H and O–H groups in total. The molecule has 0 aromatic carbocycles. The van der Waals surface area contributed by atoms with Gasteiger partial charge in [0.15, 0.2) is 5.13 Å². The average molecular weight is 307 g/mol. The molecule has 1 saturated carbocycles. The molecule has 0 saturated heterocycles. The highest BCUT2D eigenvalue weighted by molar-refractivity contribution is 7.15. The van der Waals surface area contributed by atoms with Crippen LogP contribution >= 0.6 is 11.3 Å². The molecule has 116 valence electrons. The zero-order valence-electron chi connectivity index (χ0n) is 12.6. The Labute approximate surface area is 130 Å². The summed E-state index contributed by atoms with van der Waals surface area (Å²) >= 11 is 1.68. The van der Waals surface area contributed by atoms with Crippen molar-refractivity contribution in [2.24, 2.45) is 17.6 Å². The van der Waals surface area contributed by atoms with Gasteiger partial charge in [0, 0.05) is 10.8 Å². The monoisotopic (exact) mass is 307 g/mol. The maximum atomic E-state index is 12.4. The van der Waals surface area contributed by atoms with Gasteiger partial charge >= 0.3 is 0 Å². The van der Waals surface area contributed by atoms with Crippen molar-refractivity contribution in [2.75, 3.05) is 11.9 Å². The fourth-order valence-corrected chi connectivity index (χ4v) is 4.67. The number of hydrogen-bond donors (Lipinski definition) is 2. The van der Waals surface area contributed by atoms with Gasteiger partial charge in [0.2, 0.25) is 5.91 Å². The van der Waals surface area contributed by atoms with Crippen LogP contribution in [0.2, 0.25) is 0 Å². The molecule has 0 spiro atoms. The molecule has 0 radical (unpaired) electrons. The lowest BCUT2D eigenvalue weighted by molar-refractivity contribution is -0.120. The fraction of sp³-hybridized carbons (Fsp3) is 0.750. The Morgan fingerprint density at radius 1 is 1.19 bits per heavy atom. The first-order chi connectivity index (χ1) is 10.3. The minimum Gasteiger partial charge on any atom is -0.330 e. The van der Waals surface area contributed by atoms with Crippen molar-refractivity contribution in [3.63, 3.8) is 0 Å². The van der Waals surface area contributed by atoms with Crippen LogP contribution in [0.25, 0.3) is 0 Å². The number of nitrogens with two attached hydrogens (primary N) is 1. The van der Waals surface area contributed by atoms with Gasteiger partial charge in [-0.15, -0.1) is 11.3 Å². The van der Waals surface area contributed by atoms with E-state index in [1.54, 1.807) is 11.3 Å². The van der Waals surface area contributed by atoms with E-state index in [-0.39, 0.29) is 11.8 Å². The van der Waals surface area contributed by atoms with E-state index in [4.69, 9.17) is 5.73 Å². The van der Waals surface area contributed by atoms with Crippen molar-refractivity contribution in [1.29, 1.82) is 0 Å². The second-order valence-corrected chi connectivity index (χ2v) is 7.41. The molecule has 0 unspecified atom stereocenters. The second kappa shape index (κ2) is 6.88. The number of fused-ring (bicyclic) bond motifs is 1. The maximum absolute atomic E-state index is 12.4. The van der Waals surface area contributed by atoms with E-state index in [9.17, 15) is 4.79 Å². The molecule has 0 bridgehead atoms. The summed E-state index contributed by atoms with van der Waals surface area (Å²) < 4.78 is 0. The summed E-state index contributed by atoms with van der Waals surface area (Å²) in [4.78, 5) is 18.5. The minimum absolute atomic E-state index is 0.0847. The molecule has 2 atom stereocenters. The van der Waals surface area contributed by atoms with Crippen molar-refractivity contribution in [1.82, 2.24) is 4.98 Å². The van der Waals surface area contributed by atoms with Crippen molar-refractivity contribution in [2.45, 2.75) is 57.8 Å². The molecule has 4 nitrogen and oxygen atoms in total. The zero-order chi connectivity index (χ0) is 14.7. The first-order valence-electron chi connectivity index (χ1n) is 8.27. The van der Waals surface area contributed by atoms with E-state index >= 15 is 0 Å². The van der Waals surface area contributed by atoms with Gasteiger partial charge in [0.05, 0.1) is 5.69 Å². The molecule has 2 aliphatic rings. The Morgan fingerprint density at radius 3 is 2.81 bits per heavy atom. The standard InChI is InChI=1S/C16H25N3OS/c17-10-11-6-5-7-12(11)15(20)19-16-18-13-8-3-1-2-4-9-14(13)21-16/h11-12H,1-10,17H2,(H,18,19,20)/t11-,12-/m1/s1. The lowest BCUT2D eigenvalue weighted by Gasteiger charge is -2.16. The van der Waals surface area contributed by atoms with E-state index in [0.29, 0.717) is 12.5 Å². The zero-order valence-corrected chi connectivity index (χ0v) is 13.4. The quantitative estimate of drug-likeness (QED) is 0.901. The first kappa shape index (κ1) is 15.0. The Balaban J connectivity index is 1.67. The summed E-state index contributed by atoms with van der Waals surface area (Å²) in [7, 11) is 0. The first-order valence-corrected chi connectivity index (χ1v) is 9.09. The van der Waals surface area contributed by atoms with Gasteiger partial charge in [-0.25, -0.2) is 4.98 Å². The third-order valence-corrected chi connectivity index (χ3v) is 5.95. The van der Waals surface area contributed by atoms with Crippen LogP contribution in [-0.2, 0) is 17.6 Å². The molecule has 5 heteroatoms. The molecule has 1 aromatic heterocycles. The van der Waals surface area contributed by atoms with Crippen LogP contribution in [0.1, 0.15) is 55.5 Å². The molecule has 1 fully saturated rings. The molecular weight excluding hydrogens is 282 g/mol. The molecule has 3 rings (SSSR count). The molecule has 1 amide bonds. The SMILES string of the molecule is NC[C@H]1CCC[C@H]1C(=O)Nc1nc2c(s1)CCCCCC2. The number of anilines is 1. The number of amides is 1. The maximum Gasteiger partial charge on any atom is 0.229 e. The van der Waals surface area contributed by atoms with E-state index < -0.39 is 0 Å². The van der Waals surface area contributed by atoms with Crippen LogP contribution in [0.3, 0.4) is 0 Å². The van der Waals surface area contributed by atoms with Gasteiger partial charge in [-0.1, -0.05) is 19.3 Å². The number of carbonyl (C=O) groups is 1. The van der Waals surface area contributed by atoms with Crippen LogP contribution in [0.5, 0.6) is 0 Å². The summed E-state index contributed by atoms with van der Waals surface area (Å²) in [6, 6.07) is 0. The number of aromatic nitrogens is 1. The number of hydrogen-bond acceptors (Lipinski definition) is 4. The smallest absolute Gasteiger partial charge is 0.229 e. The molecule has 2 aliphatic carbocycles. The van der Waals surface area contributed by atoms with Crippen molar-refractivity contribution < 1.29 is 4.79 Å². The van der Waals surface area contributed by atoms with Crippen LogP contribution < -0.4 is 11.1 Å². The largest absolute Gasteiger partial charge is 0.330 e. The lowest BCUT2D eigenvalue weighted by atomic mass is 9.95. The van der Waals surface area contributed by atoms with E-state index in [2.05, 4.69) is 10.3 Å². The normalized spacial score (nSPS) is 26.0. The van der Waals surface area contributed by atoms with Crippen LogP contribution in [0.15, 0.2) is 0 Å². The highest BCUT2D eigenvalue weighted by Crippen LogP contribution is 2.33. The summed E-state index contributed by atoms with van der Waals surface area (Å²) in [5.74, 6) is 0.567. The van der Waals surface area contributed by atoms with Crippen molar-refractivity contribution in [3.05, 3.63) is 10.6 Å². The minimum atomic E-state index is 0.0847. The van der Waals surface area contributed by atoms with E-state index in [1.807, 2.05) is 0 Å². The topological polar surface area (TPSA) is 68.0 Å². The number of nitrogens with zero attached hydrogens (tertiary/aromatic N) is 1. The number of thiazole rings is 1. The van der Waals surface area contributed by atoms with Gasteiger partial charge in [-0.2, -0.15) is 0 Å². The lowest BCUT2D eigenvalue weighted by Crippen LogP contribution is -2.29. The molecular formula is C16H25N3OS. The molecule has 0 aliphatic heterocycles. The summed E-state index contributed by atoms with van der Waals surface area (Å²) in [5, 5.41) is 3.86. The number of rotatable bonds is 3. The molecule has 1 aromatic rings. The molecule has 1 heterocycles. The van der Waals surface area contributed by atoms with Crippen molar-refractivity contribution in [3.8, 4) is 0 Å². The Kier molecular flexibility index (Phi) is 4.91. The average Bonchev–Trinajstić information content (AvgIpc) is 3.06. The second-order valence-electron chi connectivity index (χ2n) is 6.33. The van der Waals surface area contributed by atoms with Gasteiger partial charge < -0.3 is 11.1 Å². The number of nitrogens with one attached hydrogen (secondary N) is 1. The van der Waals surface area contributed by atoms with Crippen LogP contribution in [0.4, 0.5) is 5.13 Å². The Bertz CT molecular complexity index is 474. The van der Waals surface area contributed by atoms with Gasteiger partial charge in [-0.3, -0.25) is 4.79 Å². The van der Waals surface area contributed by atoms with Gasteiger partial charge in [-0.05, 0) is 51.0 Å². The summed E-state index contributed by atoms with van der Waals surface area (Å²) in [6.07, 6.45) is 10.5. The summed E-state index contributed by atoms with van der Waals surface area (Å²) in [6.45, 7) is 0.618. The highest BCUT2D eigenvalue weighted by Gasteiger charge is 2.32. The van der Waals surface area contributed by atoms with Gasteiger partial charge in [0.25, 0.3) is 0 Å². The predicted molar refractivity (Wildman–Crippen MR) is 86.5 cm³/mol. The third kappa shape index (κ3) is 3.46. The van der Waals surface area contributed by atoms with Gasteiger partial charge in [0.1, 0.15) is 0 Å². The highest BCUT2D eigenvalue weighted by atomic mass is 32.1. The number of aryl methyl sites for hydroxylation is 2. The Morgan fingerprint density at radius 2 is 2.00 bits per heavy atom. The molecule has 21 heavy (non-hydrogen) atoms. The van der Waals surface area contributed by atoms with E-state index in [1.165, 1.54) is 36.3 Å². The summed E-state index contributed by atoms with van der Waals surface area (Å²) in [5.41, 5.74) is 7.00. The van der Waals surface area contributed by atoms with E-state index in [0.717, 1.165) is 37.2 Å².